The minimum absolute atomic E-state index is 1.07. The summed E-state index contributed by atoms with van der Waals surface area (Å²) in [7, 11) is 0. The van der Waals surface area contributed by atoms with Crippen molar-refractivity contribution in [3.05, 3.63) is 10.2 Å². The highest BCUT2D eigenvalue weighted by Gasteiger charge is 2.11. The monoisotopic (exact) mass is 278 g/mol. The van der Waals surface area contributed by atoms with Gasteiger partial charge in [0.25, 0.3) is 0 Å². The van der Waals surface area contributed by atoms with Crippen LogP contribution in [0.1, 0.15) is 51.4 Å². The first-order valence-corrected chi connectivity index (χ1v) is 6.43. The van der Waals surface area contributed by atoms with Crippen molar-refractivity contribution in [1.82, 2.24) is 0 Å². The van der Waals surface area contributed by atoms with E-state index in [1.165, 1.54) is 51.4 Å². The Morgan fingerprint density at radius 1 is 1.17 bits per heavy atom. The summed E-state index contributed by atoms with van der Waals surface area (Å²) in [6.45, 7) is 0. The van der Waals surface area contributed by atoms with Crippen LogP contribution in [0.3, 0.4) is 0 Å². The van der Waals surface area contributed by atoms with Gasteiger partial charge in [0.1, 0.15) is 0 Å². The van der Waals surface area contributed by atoms with E-state index in [-0.39, 0.29) is 0 Å². The lowest BCUT2D eigenvalue weighted by atomic mass is 9.86. The average Bonchev–Trinajstić information content (AvgIpc) is 2.14. The van der Waals surface area contributed by atoms with Gasteiger partial charge in [-0.3, -0.25) is 0 Å². The van der Waals surface area contributed by atoms with Gasteiger partial charge in [-0.25, -0.2) is 0 Å². The molecule has 1 aliphatic rings. The number of rotatable bonds is 4. The Balaban J connectivity index is 1.97. The van der Waals surface area contributed by atoms with E-state index in [0.717, 1.165) is 5.92 Å². The van der Waals surface area contributed by atoms with E-state index in [9.17, 15) is 0 Å². The summed E-state index contributed by atoms with van der Waals surface area (Å²) in [6, 6.07) is 0. The summed E-state index contributed by atoms with van der Waals surface area (Å²) in [5.41, 5.74) is 0. The summed E-state index contributed by atoms with van der Waals surface area (Å²) in [6.07, 6.45) is 13.9. The second-order valence-corrected chi connectivity index (χ2v) is 4.52. The summed E-state index contributed by atoms with van der Waals surface area (Å²) in [5, 5.41) is 0. The molecular weight excluding hydrogens is 259 g/mol. The third-order valence-corrected chi connectivity index (χ3v) is 3.31. The molecule has 1 fully saturated rings. The van der Waals surface area contributed by atoms with Crippen LogP contribution in [0.4, 0.5) is 0 Å². The number of allylic oxidation sites excluding steroid dienone is 1. The second kappa shape index (κ2) is 6.93. The van der Waals surface area contributed by atoms with Crippen molar-refractivity contribution in [3.63, 3.8) is 0 Å². The summed E-state index contributed by atoms with van der Waals surface area (Å²) >= 11 is 2.30. The molecule has 0 aromatic carbocycles. The SMILES string of the molecule is I/C=C/CCCC1CCCCC1. The first kappa shape index (κ1) is 10.6. The zero-order chi connectivity index (χ0) is 8.65. The van der Waals surface area contributed by atoms with Gasteiger partial charge in [-0.15, -0.1) is 0 Å². The molecule has 0 unspecified atom stereocenters. The normalized spacial score (nSPS) is 20.4. The quantitative estimate of drug-likeness (QED) is 0.517. The van der Waals surface area contributed by atoms with E-state index in [4.69, 9.17) is 0 Å². The van der Waals surface area contributed by atoms with E-state index in [1.807, 2.05) is 0 Å². The maximum atomic E-state index is 2.30. The third kappa shape index (κ3) is 4.48. The van der Waals surface area contributed by atoms with Gasteiger partial charge in [0, 0.05) is 0 Å². The van der Waals surface area contributed by atoms with E-state index in [2.05, 4.69) is 32.7 Å². The Morgan fingerprint density at radius 3 is 2.58 bits per heavy atom. The first-order chi connectivity index (χ1) is 5.93. The largest absolute Gasteiger partial charge is 0.0785 e. The highest BCUT2D eigenvalue weighted by Crippen LogP contribution is 2.27. The molecule has 0 aromatic rings. The van der Waals surface area contributed by atoms with Crippen LogP contribution in [0.5, 0.6) is 0 Å². The van der Waals surface area contributed by atoms with Crippen molar-refractivity contribution >= 4 is 22.6 Å². The van der Waals surface area contributed by atoms with E-state index >= 15 is 0 Å². The maximum Gasteiger partial charge on any atom is -0.0274 e. The molecule has 0 N–H and O–H groups in total. The van der Waals surface area contributed by atoms with Gasteiger partial charge in [-0.05, 0) is 22.8 Å². The molecule has 1 saturated carbocycles. The molecule has 12 heavy (non-hydrogen) atoms. The van der Waals surface area contributed by atoms with Crippen LogP contribution in [0.2, 0.25) is 0 Å². The number of unbranched alkanes of at least 4 members (excludes halogenated alkanes) is 1. The molecule has 0 bridgehead atoms. The highest BCUT2D eigenvalue weighted by molar-refractivity contribution is 14.1. The molecule has 1 rings (SSSR count). The standard InChI is InChI=1S/C11H19I/c12-10-6-2-5-9-11-7-3-1-4-8-11/h6,10-11H,1-5,7-9H2/b10-6+. The van der Waals surface area contributed by atoms with Crippen molar-refractivity contribution in [2.45, 2.75) is 51.4 Å². The second-order valence-electron chi connectivity index (χ2n) is 3.80. The molecule has 0 spiro atoms. The zero-order valence-corrected chi connectivity index (χ0v) is 9.92. The number of halogens is 1. The van der Waals surface area contributed by atoms with E-state index in [1.54, 1.807) is 0 Å². The molecule has 0 atom stereocenters. The van der Waals surface area contributed by atoms with Gasteiger partial charge in [-0.2, -0.15) is 0 Å². The van der Waals surface area contributed by atoms with E-state index < -0.39 is 0 Å². The lowest BCUT2D eigenvalue weighted by Gasteiger charge is -2.20. The molecule has 0 amide bonds. The minimum Gasteiger partial charge on any atom is -0.0785 e. The van der Waals surface area contributed by atoms with Crippen molar-refractivity contribution in [2.24, 2.45) is 5.92 Å². The van der Waals surface area contributed by atoms with Crippen LogP contribution in [-0.2, 0) is 0 Å². The molecule has 1 aliphatic carbocycles. The van der Waals surface area contributed by atoms with E-state index in [0.29, 0.717) is 0 Å². The zero-order valence-electron chi connectivity index (χ0n) is 7.77. The summed E-state index contributed by atoms with van der Waals surface area (Å²) in [5.74, 6) is 1.07. The topological polar surface area (TPSA) is 0 Å². The van der Waals surface area contributed by atoms with Crippen LogP contribution < -0.4 is 0 Å². The summed E-state index contributed by atoms with van der Waals surface area (Å²) in [4.78, 5) is 0. The Morgan fingerprint density at radius 2 is 1.92 bits per heavy atom. The molecule has 0 heterocycles. The lowest BCUT2D eigenvalue weighted by molar-refractivity contribution is 0.333. The van der Waals surface area contributed by atoms with Gasteiger partial charge >= 0.3 is 0 Å². The highest BCUT2D eigenvalue weighted by atomic mass is 127. The molecule has 70 valence electrons. The lowest BCUT2D eigenvalue weighted by Crippen LogP contribution is -2.05. The Labute approximate surface area is 90.0 Å². The Kier molecular flexibility index (Phi) is 6.09. The van der Waals surface area contributed by atoms with Gasteiger partial charge in [0.2, 0.25) is 0 Å². The minimum atomic E-state index is 1.07. The number of hydrogen-bond acceptors (Lipinski definition) is 0. The first-order valence-electron chi connectivity index (χ1n) is 5.18. The molecule has 0 aromatic heterocycles. The molecule has 0 nitrogen and oxygen atoms in total. The van der Waals surface area contributed by atoms with Crippen LogP contribution in [-0.4, -0.2) is 0 Å². The Bertz CT molecular complexity index is 123. The maximum absolute atomic E-state index is 2.30. The van der Waals surface area contributed by atoms with Crippen LogP contribution in [0.25, 0.3) is 0 Å². The van der Waals surface area contributed by atoms with Gasteiger partial charge in [0.05, 0.1) is 0 Å². The predicted octanol–water partition coefficient (Wildman–Crippen LogP) is 4.69. The van der Waals surface area contributed by atoms with Crippen molar-refractivity contribution < 1.29 is 0 Å². The average molecular weight is 278 g/mol. The van der Waals surface area contributed by atoms with Gasteiger partial charge in [-0.1, -0.05) is 67.2 Å². The molecule has 0 aliphatic heterocycles. The van der Waals surface area contributed by atoms with Gasteiger partial charge in [0.15, 0.2) is 0 Å². The van der Waals surface area contributed by atoms with Crippen LogP contribution >= 0.6 is 22.6 Å². The number of hydrogen-bond donors (Lipinski definition) is 0. The van der Waals surface area contributed by atoms with Crippen molar-refractivity contribution in [3.8, 4) is 0 Å². The summed E-state index contributed by atoms with van der Waals surface area (Å²) < 4.78 is 2.14. The fourth-order valence-electron chi connectivity index (χ4n) is 2.06. The Hall–Kier alpha value is 0.470. The third-order valence-electron chi connectivity index (χ3n) is 2.80. The molecule has 0 saturated heterocycles. The van der Waals surface area contributed by atoms with Crippen LogP contribution in [0, 0.1) is 5.92 Å². The molecule has 1 heteroatoms. The molecular formula is C11H19I. The van der Waals surface area contributed by atoms with Crippen molar-refractivity contribution in [1.29, 1.82) is 0 Å². The van der Waals surface area contributed by atoms with Gasteiger partial charge < -0.3 is 0 Å². The fourth-order valence-corrected chi connectivity index (χ4v) is 2.42. The predicted molar refractivity (Wildman–Crippen MR) is 63.6 cm³/mol. The fraction of sp³-hybridized carbons (Fsp3) is 0.818. The van der Waals surface area contributed by atoms with Crippen molar-refractivity contribution in [2.75, 3.05) is 0 Å². The van der Waals surface area contributed by atoms with Crippen LogP contribution in [0.15, 0.2) is 10.2 Å². The molecule has 0 radical (unpaired) electrons. The smallest absolute Gasteiger partial charge is 0.0274 e.